The topological polar surface area (TPSA) is 41.6 Å². The van der Waals surface area contributed by atoms with Crippen molar-refractivity contribution in [3.8, 4) is 5.75 Å². The first-order valence-electron chi connectivity index (χ1n) is 9.02. The van der Waals surface area contributed by atoms with Crippen molar-refractivity contribution in [3.63, 3.8) is 0 Å². The Labute approximate surface area is 144 Å². The number of benzene rings is 1. The van der Waals surface area contributed by atoms with Crippen LogP contribution in [0.4, 0.5) is 0 Å². The maximum Gasteiger partial charge on any atom is 0.225 e. The molecule has 2 atom stereocenters. The first-order chi connectivity index (χ1) is 11.7. The SMILES string of the molecule is C=CCOc1ccc(CN[C@@H]2CCN(C(=O)C3CC3)C[C@@H]2C)cc1. The number of hydrogen-bond donors (Lipinski definition) is 1. The molecule has 0 radical (unpaired) electrons. The molecule has 0 unspecified atom stereocenters. The molecule has 0 spiro atoms. The number of carbonyl (C=O) groups is 1. The molecule has 0 bridgehead atoms. The lowest BCUT2D eigenvalue weighted by Gasteiger charge is -2.37. The van der Waals surface area contributed by atoms with Crippen molar-refractivity contribution in [3.05, 3.63) is 42.5 Å². The van der Waals surface area contributed by atoms with Gasteiger partial charge in [-0.25, -0.2) is 0 Å². The van der Waals surface area contributed by atoms with Gasteiger partial charge < -0.3 is 15.0 Å². The molecule has 2 aliphatic rings. The van der Waals surface area contributed by atoms with Crippen molar-refractivity contribution < 1.29 is 9.53 Å². The number of amides is 1. The summed E-state index contributed by atoms with van der Waals surface area (Å²) in [5.41, 5.74) is 1.25. The van der Waals surface area contributed by atoms with Crippen LogP contribution in [-0.4, -0.2) is 36.5 Å². The van der Waals surface area contributed by atoms with E-state index in [1.54, 1.807) is 6.08 Å². The van der Waals surface area contributed by atoms with Crippen LogP contribution in [0.3, 0.4) is 0 Å². The summed E-state index contributed by atoms with van der Waals surface area (Å²) in [6.07, 6.45) is 4.98. The van der Waals surface area contributed by atoms with Gasteiger partial charge in [-0.3, -0.25) is 4.79 Å². The molecule has 1 amide bonds. The molecule has 4 heteroatoms. The van der Waals surface area contributed by atoms with Gasteiger partial charge in [-0.1, -0.05) is 31.7 Å². The zero-order chi connectivity index (χ0) is 16.9. The largest absolute Gasteiger partial charge is 0.490 e. The third kappa shape index (κ3) is 4.38. The van der Waals surface area contributed by atoms with E-state index < -0.39 is 0 Å². The highest BCUT2D eigenvalue weighted by molar-refractivity contribution is 5.81. The molecule has 1 N–H and O–H groups in total. The monoisotopic (exact) mass is 328 g/mol. The third-order valence-corrected chi connectivity index (χ3v) is 5.00. The summed E-state index contributed by atoms with van der Waals surface area (Å²) in [6.45, 7) is 9.07. The highest BCUT2D eigenvalue weighted by atomic mass is 16.5. The normalized spacial score (nSPS) is 23.8. The minimum atomic E-state index is 0.337. The Kier molecular flexibility index (Phi) is 5.56. The van der Waals surface area contributed by atoms with E-state index in [1.165, 1.54) is 5.56 Å². The molecule has 0 aromatic heterocycles. The molecule has 1 heterocycles. The van der Waals surface area contributed by atoms with Crippen LogP contribution in [0.15, 0.2) is 36.9 Å². The number of rotatable bonds is 7. The summed E-state index contributed by atoms with van der Waals surface area (Å²) in [4.78, 5) is 14.3. The zero-order valence-electron chi connectivity index (χ0n) is 14.5. The Hall–Kier alpha value is -1.81. The maximum atomic E-state index is 12.2. The fourth-order valence-corrected chi connectivity index (χ4v) is 3.35. The smallest absolute Gasteiger partial charge is 0.225 e. The van der Waals surface area contributed by atoms with Gasteiger partial charge in [0.2, 0.25) is 5.91 Å². The molecule has 3 rings (SSSR count). The zero-order valence-corrected chi connectivity index (χ0v) is 14.5. The lowest BCUT2D eigenvalue weighted by Crippen LogP contribution is -2.50. The van der Waals surface area contributed by atoms with E-state index in [0.29, 0.717) is 30.4 Å². The summed E-state index contributed by atoms with van der Waals surface area (Å²) in [5.74, 6) is 2.09. The van der Waals surface area contributed by atoms with Gasteiger partial charge in [0.1, 0.15) is 12.4 Å². The molecule has 4 nitrogen and oxygen atoms in total. The molecule has 1 saturated heterocycles. The quantitative estimate of drug-likeness (QED) is 0.783. The Bertz CT molecular complexity index is 566. The van der Waals surface area contributed by atoms with E-state index in [0.717, 1.165) is 44.6 Å². The highest BCUT2D eigenvalue weighted by Crippen LogP contribution is 2.32. The molecule has 1 saturated carbocycles. The fourth-order valence-electron chi connectivity index (χ4n) is 3.35. The predicted molar refractivity (Wildman–Crippen MR) is 95.8 cm³/mol. The molecule has 1 aromatic carbocycles. The summed E-state index contributed by atoms with van der Waals surface area (Å²) in [5, 5.41) is 3.66. The lowest BCUT2D eigenvalue weighted by molar-refractivity contribution is -0.134. The summed E-state index contributed by atoms with van der Waals surface area (Å²) >= 11 is 0. The van der Waals surface area contributed by atoms with Crippen LogP contribution < -0.4 is 10.1 Å². The Morgan fingerprint density at radius 2 is 2.08 bits per heavy atom. The molecule has 1 aliphatic carbocycles. The molecular formula is C20H28N2O2. The Balaban J connectivity index is 1.44. The van der Waals surface area contributed by atoms with Gasteiger partial charge in [-0.2, -0.15) is 0 Å². The van der Waals surface area contributed by atoms with E-state index in [1.807, 2.05) is 12.1 Å². The predicted octanol–water partition coefficient (Wildman–Crippen LogP) is 2.99. The van der Waals surface area contributed by atoms with E-state index >= 15 is 0 Å². The van der Waals surface area contributed by atoms with E-state index in [-0.39, 0.29) is 0 Å². The second-order valence-corrected chi connectivity index (χ2v) is 7.06. The van der Waals surface area contributed by atoms with Crippen LogP contribution in [0.5, 0.6) is 5.75 Å². The lowest BCUT2D eigenvalue weighted by atomic mass is 9.93. The van der Waals surface area contributed by atoms with Gasteiger partial charge in [-0.05, 0) is 42.9 Å². The minimum absolute atomic E-state index is 0.337. The van der Waals surface area contributed by atoms with Crippen LogP contribution in [0.25, 0.3) is 0 Å². The molecule has 1 aromatic rings. The van der Waals surface area contributed by atoms with Crippen molar-refractivity contribution >= 4 is 5.91 Å². The average Bonchev–Trinajstić information content (AvgIpc) is 3.44. The molecule has 130 valence electrons. The first-order valence-corrected chi connectivity index (χ1v) is 9.02. The van der Waals surface area contributed by atoms with Crippen molar-refractivity contribution in [1.29, 1.82) is 0 Å². The van der Waals surface area contributed by atoms with Crippen LogP contribution >= 0.6 is 0 Å². The Morgan fingerprint density at radius 3 is 2.71 bits per heavy atom. The van der Waals surface area contributed by atoms with Gasteiger partial charge in [0.15, 0.2) is 0 Å². The number of piperidine rings is 1. The number of ether oxygens (including phenoxy) is 1. The van der Waals surface area contributed by atoms with Crippen LogP contribution in [0, 0.1) is 11.8 Å². The molecule has 1 aliphatic heterocycles. The third-order valence-electron chi connectivity index (χ3n) is 5.00. The van der Waals surface area contributed by atoms with Crippen LogP contribution in [0.1, 0.15) is 31.7 Å². The van der Waals surface area contributed by atoms with Gasteiger partial charge in [0, 0.05) is 31.6 Å². The Morgan fingerprint density at radius 1 is 1.33 bits per heavy atom. The maximum absolute atomic E-state index is 12.2. The van der Waals surface area contributed by atoms with E-state index in [2.05, 4.69) is 35.9 Å². The molecule has 2 fully saturated rings. The highest BCUT2D eigenvalue weighted by Gasteiger charge is 2.36. The standard InChI is InChI=1S/C20H28N2O2/c1-3-12-24-18-8-4-16(5-9-18)13-21-19-10-11-22(14-15(19)2)20(23)17-6-7-17/h3-5,8-9,15,17,19,21H,1,6-7,10-14H2,2H3/t15-,19+/m0/s1. The minimum Gasteiger partial charge on any atom is -0.490 e. The van der Waals surface area contributed by atoms with Crippen molar-refractivity contribution in [2.45, 2.75) is 38.8 Å². The van der Waals surface area contributed by atoms with Crippen molar-refractivity contribution in [1.82, 2.24) is 10.2 Å². The molecule has 24 heavy (non-hydrogen) atoms. The van der Waals surface area contributed by atoms with Crippen molar-refractivity contribution in [2.24, 2.45) is 11.8 Å². The first kappa shape index (κ1) is 17.0. The number of nitrogens with zero attached hydrogens (tertiary/aromatic N) is 1. The number of hydrogen-bond acceptors (Lipinski definition) is 3. The van der Waals surface area contributed by atoms with Gasteiger partial charge >= 0.3 is 0 Å². The van der Waals surface area contributed by atoms with Crippen molar-refractivity contribution in [2.75, 3.05) is 19.7 Å². The number of carbonyl (C=O) groups excluding carboxylic acids is 1. The van der Waals surface area contributed by atoms with E-state index in [4.69, 9.17) is 4.74 Å². The van der Waals surface area contributed by atoms with Gasteiger partial charge in [-0.15, -0.1) is 0 Å². The van der Waals surface area contributed by atoms with E-state index in [9.17, 15) is 4.79 Å². The summed E-state index contributed by atoms with van der Waals surface area (Å²) < 4.78 is 5.50. The second-order valence-electron chi connectivity index (χ2n) is 7.06. The van der Waals surface area contributed by atoms with Gasteiger partial charge in [0.25, 0.3) is 0 Å². The fraction of sp³-hybridized carbons (Fsp3) is 0.550. The number of likely N-dealkylation sites (tertiary alicyclic amines) is 1. The van der Waals surface area contributed by atoms with Gasteiger partial charge in [0.05, 0.1) is 0 Å². The van der Waals surface area contributed by atoms with Crippen LogP contribution in [-0.2, 0) is 11.3 Å². The summed E-state index contributed by atoms with van der Waals surface area (Å²) in [7, 11) is 0. The summed E-state index contributed by atoms with van der Waals surface area (Å²) in [6, 6.07) is 8.68. The average molecular weight is 328 g/mol. The molecular weight excluding hydrogens is 300 g/mol. The second kappa shape index (κ2) is 7.84. The number of nitrogens with one attached hydrogen (secondary N) is 1. The van der Waals surface area contributed by atoms with Crippen LogP contribution in [0.2, 0.25) is 0 Å².